The van der Waals surface area contributed by atoms with Crippen molar-refractivity contribution in [1.29, 1.82) is 0 Å². The lowest BCUT2D eigenvalue weighted by Crippen LogP contribution is -2.57. The van der Waals surface area contributed by atoms with Gasteiger partial charge in [0.15, 0.2) is 0 Å². The maximum absolute atomic E-state index is 11.6. The Morgan fingerprint density at radius 2 is 2.36 bits per heavy atom. The molecule has 1 aliphatic heterocycles. The molecule has 0 spiro atoms. The summed E-state index contributed by atoms with van der Waals surface area (Å²) in [6.45, 7) is 1.82. The first-order valence-corrected chi connectivity index (χ1v) is 5.26. The highest BCUT2D eigenvalue weighted by Crippen LogP contribution is 2.22. The Morgan fingerprint density at radius 1 is 1.57 bits per heavy atom. The van der Waals surface area contributed by atoms with Crippen molar-refractivity contribution < 1.29 is 9.59 Å². The second kappa shape index (κ2) is 3.42. The van der Waals surface area contributed by atoms with Crippen molar-refractivity contribution in [3.05, 3.63) is 16.8 Å². The number of thiophene rings is 1. The topological polar surface area (TPSA) is 49.4 Å². The smallest absolute Gasteiger partial charge is 0.247 e. The zero-order valence-corrected chi connectivity index (χ0v) is 8.50. The number of hydrogen-bond acceptors (Lipinski definition) is 3. The lowest BCUT2D eigenvalue weighted by Gasteiger charge is -2.31. The Bertz CT molecular complexity index is 361. The van der Waals surface area contributed by atoms with E-state index in [4.69, 9.17) is 0 Å². The lowest BCUT2D eigenvalue weighted by atomic mass is 10.2. The molecule has 0 aromatic carbocycles. The van der Waals surface area contributed by atoms with Crippen LogP contribution in [0, 0.1) is 0 Å². The molecule has 0 bridgehead atoms. The second-order valence-corrected chi connectivity index (χ2v) is 3.92. The molecule has 2 amide bonds. The molecule has 1 atom stereocenters. The molecular formula is C9H10N2O2S. The predicted molar refractivity (Wildman–Crippen MR) is 54.3 cm³/mol. The maximum Gasteiger partial charge on any atom is 0.247 e. The third-order valence-electron chi connectivity index (χ3n) is 2.23. The van der Waals surface area contributed by atoms with Crippen molar-refractivity contribution in [2.45, 2.75) is 13.0 Å². The highest BCUT2D eigenvalue weighted by Gasteiger charge is 2.31. The van der Waals surface area contributed by atoms with Gasteiger partial charge in [-0.3, -0.25) is 14.5 Å². The fourth-order valence-corrected chi connectivity index (χ4v) is 2.12. The van der Waals surface area contributed by atoms with Crippen LogP contribution < -0.4 is 10.2 Å². The third-order valence-corrected chi connectivity index (χ3v) is 2.90. The van der Waals surface area contributed by atoms with Gasteiger partial charge in [0, 0.05) is 5.38 Å². The molecule has 1 aromatic rings. The SMILES string of the molecule is CC1C(=O)NCC(=O)N1c1ccsc1. The van der Waals surface area contributed by atoms with Crippen molar-refractivity contribution in [2.75, 3.05) is 11.4 Å². The van der Waals surface area contributed by atoms with E-state index in [1.54, 1.807) is 6.92 Å². The van der Waals surface area contributed by atoms with E-state index in [1.807, 2.05) is 16.8 Å². The zero-order chi connectivity index (χ0) is 10.1. The van der Waals surface area contributed by atoms with Crippen LogP contribution in [0.25, 0.3) is 0 Å². The average molecular weight is 210 g/mol. The molecule has 14 heavy (non-hydrogen) atoms. The number of rotatable bonds is 1. The monoisotopic (exact) mass is 210 g/mol. The Kier molecular flexibility index (Phi) is 2.25. The largest absolute Gasteiger partial charge is 0.345 e. The van der Waals surface area contributed by atoms with Gasteiger partial charge in [0.1, 0.15) is 6.04 Å². The fourth-order valence-electron chi connectivity index (χ4n) is 1.49. The molecule has 0 radical (unpaired) electrons. The summed E-state index contributed by atoms with van der Waals surface area (Å²) in [5.74, 6) is -0.161. The molecule has 4 nitrogen and oxygen atoms in total. The minimum atomic E-state index is -0.411. The summed E-state index contributed by atoms with van der Waals surface area (Å²) in [6, 6.07) is 1.43. The van der Waals surface area contributed by atoms with Crippen LogP contribution in [0.4, 0.5) is 5.69 Å². The number of anilines is 1. The average Bonchev–Trinajstić information content (AvgIpc) is 2.65. The fraction of sp³-hybridized carbons (Fsp3) is 0.333. The lowest BCUT2D eigenvalue weighted by molar-refractivity contribution is -0.130. The van der Waals surface area contributed by atoms with Crippen LogP contribution in [0.1, 0.15) is 6.92 Å². The van der Waals surface area contributed by atoms with Crippen LogP contribution in [-0.2, 0) is 9.59 Å². The van der Waals surface area contributed by atoms with Crippen LogP contribution in [0.5, 0.6) is 0 Å². The maximum atomic E-state index is 11.6. The van der Waals surface area contributed by atoms with E-state index in [9.17, 15) is 9.59 Å². The van der Waals surface area contributed by atoms with Gasteiger partial charge in [-0.15, -0.1) is 0 Å². The van der Waals surface area contributed by atoms with Gasteiger partial charge < -0.3 is 5.32 Å². The van der Waals surface area contributed by atoms with E-state index in [1.165, 1.54) is 16.2 Å². The van der Waals surface area contributed by atoms with Crippen molar-refractivity contribution in [1.82, 2.24) is 5.32 Å². The van der Waals surface area contributed by atoms with E-state index < -0.39 is 6.04 Å². The summed E-state index contributed by atoms with van der Waals surface area (Å²) >= 11 is 1.51. The van der Waals surface area contributed by atoms with Gasteiger partial charge in [0.05, 0.1) is 12.2 Å². The van der Waals surface area contributed by atoms with Crippen molar-refractivity contribution >= 4 is 28.8 Å². The standard InChI is InChI=1S/C9H10N2O2S/c1-6-9(13)10-4-8(12)11(6)7-2-3-14-5-7/h2-3,5-6H,4H2,1H3,(H,10,13). The van der Waals surface area contributed by atoms with E-state index in [2.05, 4.69) is 5.32 Å². The first-order valence-electron chi connectivity index (χ1n) is 4.32. The molecule has 0 saturated carbocycles. The van der Waals surface area contributed by atoms with E-state index in [-0.39, 0.29) is 18.4 Å². The summed E-state index contributed by atoms with van der Waals surface area (Å²) in [5, 5.41) is 6.31. The van der Waals surface area contributed by atoms with Crippen LogP contribution in [0.15, 0.2) is 16.8 Å². The van der Waals surface area contributed by atoms with Crippen LogP contribution in [0.2, 0.25) is 0 Å². The summed E-state index contributed by atoms with van der Waals surface area (Å²) in [6.07, 6.45) is 0. The van der Waals surface area contributed by atoms with Crippen LogP contribution >= 0.6 is 11.3 Å². The van der Waals surface area contributed by atoms with Gasteiger partial charge in [-0.2, -0.15) is 11.3 Å². The quantitative estimate of drug-likeness (QED) is 0.738. The Labute approximate surface area is 85.5 Å². The Hall–Kier alpha value is -1.36. The molecule has 1 unspecified atom stereocenters. The van der Waals surface area contributed by atoms with E-state index in [0.29, 0.717) is 0 Å². The van der Waals surface area contributed by atoms with Gasteiger partial charge >= 0.3 is 0 Å². The van der Waals surface area contributed by atoms with Crippen LogP contribution in [-0.4, -0.2) is 24.4 Å². The Balaban J connectivity index is 2.31. The third kappa shape index (κ3) is 1.39. The molecule has 1 aliphatic rings. The van der Waals surface area contributed by atoms with Gasteiger partial charge in [-0.1, -0.05) is 0 Å². The number of carbonyl (C=O) groups is 2. The molecule has 2 rings (SSSR count). The summed E-state index contributed by atoms with van der Waals surface area (Å²) in [4.78, 5) is 24.4. The molecule has 2 heterocycles. The first-order chi connectivity index (χ1) is 6.70. The summed E-state index contributed by atoms with van der Waals surface area (Å²) in [7, 11) is 0. The van der Waals surface area contributed by atoms with Gasteiger partial charge in [0.25, 0.3) is 0 Å². The van der Waals surface area contributed by atoms with Gasteiger partial charge in [0.2, 0.25) is 11.8 Å². The first kappa shape index (κ1) is 9.21. The molecule has 1 aromatic heterocycles. The van der Waals surface area contributed by atoms with Crippen molar-refractivity contribution in [3.8, 4) is 0 Å². The molecule has 1 fully saturated rings. The van der Waals surface area contributed by atoms with E-state index in [0.717, 1.165) is 5.69 Å². The highest BCUT2D eigenvalue weighted by molar-refractivity contribution is 7.08. The summed E-state index contributed by atoms with van der Waals surface area (Å²) in [5.41, 5.74) is 0.808. The van der Waals surface area contributed by atoms with Crippen molar-refractivity contribution in [3.63, 3.8) is 0 Å². The molecule has 1 N–H and O–H groups in total. The minimum absolute atomic E-state index is 0.0597. The number of amides is 2. The zero-order valence-electron chi connectivity index (χ0n) is 7.69. The minimum Gasteiger partial charge on any atom is -0.345 e. The van der Waals surface area contributed by atoms with Crippen molar-refractivity contribution in [2.24, 2.45) is 0 Å². The number of nitrogens with zero attached hydrogens (tertiary/aromatic N) is 1. The number of piperazine rings is 1. The Morgan fingerprint density at radius 3 is 3.00 bits per heavy atom. The molecular weight excluding hydrogens is 200 g/mol. The second-order valence-electron chi connectivity index (χ2n) is 3.14. The number of hydrogen-bond donors (Lipinski definition) is 1. The predicted octanol–water partition coefficient (Wildman–Crippen LogP) is 0.599. The molecule has 74 valence electrons. The molecule has 0 aliphatic carbocycles. The van der Waals surface area contributed by atoms with Gasteiger partial charge in [-0.25, -0.2) is 0 Å². The number of nitrogens with one attached hydrogen (secondary N) is 1. The number of carbonyl (C=O) groups excluding carboxylic acids is 2. The normalized spacial score (nSPS) is 22.4. The van der Waals surface area contributed by atoms with Crippen LogP contribution in [0.3, 0.4) is 0 Å². The highest BCUT2D eigenvalue weighted by atomic mass is 32.1. The van der Waals surface area contributed by atoms with Gasteiger partial charge in [-0.05, 0) is 18.4 Å². The summed E-state index contributed by atoms with van der Waals surface area (Å²) < 4.78 is 0. The molecule has 5 heteroatoms. The van der Waals surface area contributed by atoms with E-state index >= 15 is 0 Å². The molecule has 1 saturated heterocycles.